The van der Waals surface area contributed by atoms with Gasteiger partial charge in [-0.3, -0.25) is 0 Å². The molecule has 0 saturated carbocycles. The minimum Gasteiger partial charge on any atom is -0.317 e. The van der Waals surface area contributed by atoms with E-state index < -0.39 is 0 Å². The molecule has 1 aromatic heterocycles. The molecular weight excluding hydrogens is 200 g/mol. The van der Waals surface area contributed by atoms with Crippen LogP contribution in [0.1, 0.15) is 18.7 Å². The van der Waals surface area contributed by atoms with Crippen LogP contribution >= 0.6 is 11.6 Å². The molecule has 5 heteroatoms. The molecule has 0 aliphatic carbocycles. The van der Waals surface area contributed by atoms with Crippen LogP contribution in [-0.4, -0.2) is 40.3 Å². The van der Waals surface area contributed by atoms with E-state index in [0.717, 1.165) is 25.3 Å². The van der Waals surface area contributed by atoms with Gasteiger partial charge in [-0.2, -0.15) is 0 Å². The summed E-state index contributed by atoms with van der Waals surface area (Å²) in [5, 5.41) is 7.74. The van der Waals surface area contributed by atoms with E-state index in [4.69, 9.17) is 11.6 Å². The van der Waals surface area contributed by atoms with E-state index in [1.807, 2.05) is 4.57 Å². The molecule has 80 valence electrons. The van der Waals surface area contributed by atoms with Crippen molar-refractivity contribution in [3.63, 3.8) is 0 Å². The van der Waals surface area contributed by atoms with E-state index in [2.05, 4.69) is 29.2 Å². The fourth-order valence-electron chi connectivity index (χ4n) is 1.28. The minimum atomic E-state index is 0.438. The van der Waals surface area contributed by atoms with Crippen LogP contribution in [-0.2, 0) is 12.4 Å². The number of hydrogen-bond acceptors (Lipinski definition) is 3. The van der Waals surface area contributed by atoms with E-state index in [-0.39, 0.29) is 0 Å². The molecule has 1 rings (SSSR count). The van der Waals surface area contributed by atoms with Crippen LogP contribution in [0.2, 0.25) is 0 Å². The zero-order valence-electron chi connectivity index (χ0n) is 8.78. The third kappa shape index (κ3) is 3.64. The van der Waals surface area contributed by atoms with Crippen LogP contribution in [0.15, 0.2) is 6.33 Å². The molecule has 0 N–H and O–H groups in total. The van der Waals surface area contributed by atoms with Crippen LogP contribution in [0.5, 0.6) is 0 Å². The van der Waals surface area contributed by atoms with Gasteiger partial charge in [0.2, 0.25) is 0 Å². The number of halogens is 1. The molecule has 1 heterocycles. The first-order valence-corrected chi connectivity index (χ1v) is 5.35. The number of aromatic nitrogens is 3. The molecular formula is C9H17ClN4. The van der Waals surface area contributed by atoms with Gasteiger partial charge in [-0.1, -0.05) is 0 Å². The van der Waals surface area contributed by atoms with Gasteiger partial charge in [0.05, 0.1) is 5.88 Å². The summed E-state index contributed by atoms with van der Waals surface area (Å²) in [7, 11) is 4.17. The van der Waals surface area contributed by atoms with Crippen LogP contribution < -0.4 is 0 Å². The Bertz CT molecular complexity index is 259. The lowest BCUT2D eigenvalue weighted by molar-refractivity contribution is 0.387. The lowest BCUT2D eigenvalue weighted by Gasteiger charge is -2.09. The Balaban J connectivity index is 2.24. The lowest BCUT2D eigenvalue weighted by Crippen LogP contribution is -2.13. The lowest BCUT2D eigenvalue weighted by atomic mass is 10.3. The van der Waals surface area contributed by atoms with Crippen LogP contribution in [0, 0.1) is 0 Å². The average Bonchev–Trinajstić information content (AvgIpc) is 2.59. The Kier molecular flexibility index (Phi) is 4.90. The molecule has 0 aliphatic heterocycles. The van der Waals surface area contributed by atoms with E-state index in [9.17, 15) is 0 Å². The Morgan fingerprint density at radius 1 is 1.43 bits per heavy atom. The molecule has 0 amide bonds. The summed E-state index contributed by atoms with van der Waals surface area (Å²) >= 11 is 5.71. The third-order valence-corrected chi connectivity index (χ3v) is 2.31. The van der Waals surface area contributed by atoms with Crippen LogP contribution in [0.3, 0.4) is 0 Å². The van der Waals surface area contributed by atoms with E-state index in [0.29, 0.717) is 5.88 Å². The van der Waals surface area contributed by atoms with Gasteiger partial charge in [0.25, 0.3) is 0 Å². The van der Waals surface area contributed by atoms with Crippen molar-refractivity contribution in [2.24, 2.45) is 0 Å². The van der Waals surface area contributed by atoms with Crippen molar-refractivity contribution < 1.29 is 0 Å². The first-order valence-electron chi connectivity index (χ1n) is 4.81. The summed E-state index contributed by atoms with van der Waals surface area (Å²) in [4.78, 5) is 2.19. The van der Waals surface area contributed by atoms with Crippen molar-refractivity contribution in [2.75, 3.05) is 20.6 Å². The second-order valence-electron chi connectivity index (χ2n) is 3.58. The number of nitrogens with zero attached hydrogens (tertiary/aromatic N) is 4. The summed E-state index contributed by atoms with van der Waals surface area (Å²) in [6.45, 7) is 2.08. The smallest absolute Gasteiger partial charge is 0.147 e. The highest BCUT2D eigenvalue weighted by Gasteiger charge is 2.01. The maximum atomic E-state index is 5.71. The summed E-state index contributed by atoms with van der Waals surface area (Å²) in [6.07, 6.45) is 4.07. The molecule has 0 aliphatic rings. The van der Waals surface area contributed by atoms with E-state index >= 15 is 0 Å². The molecule has 14 heavy (non-hydrogen) atoms. The Morgan fingerprint density at radius 3 is 2.86 bits per heavy atom. The Morgan fingerprint density at radius 2 is 2.21 bits per heavy atom. The minimum absolute atomic E-state index is 0.438. The molecule has 0 atom stereocenters. The van der Waals surface area contributed by atoms with Crippen molar-refractivity contribution in [1.82, 2.24) is 19.7 Å². The number of hydrogen-bond donors (Lipinski definition) is 0. The molecule has 0 spiro atoms. The summed E-state index contributed by atoms with van der Waals surface area (Å²) < 4.78 is 2.02. The second kappa shape index (κ2) is 5.98. The zero-order valence-corrected chi connectivity index (χ0v) is 9.54. The van der Waals surface area contributed by atoms with E-state index in [1.54, 1.807) is 6.33 Å². The highest BCUT2D eigenvalue weighted by molar-refractivity contribution is 6.16. The van der Waals surface area contributed by atoms with Gasteiger partial charge < -0.3 is 9.47 Å². The second-order valence-corrected chi connectivity index (χ2v) is 3.85. The van der Waals surface area contributed by atoms with Gasteiger partial charge in [-0.15, -0.1) is 21.8 Å². The third-order valence-electron chi connectivity index (χ3n) is 2.07. The van der Waals surface area contributed by atoms with Gasteiger partial charge in [-0.05, 0) is 33.5 Å². The zero-order chi connectivity index (χ0) is 10.4. The monoisotopic (exact) mass is 216 g/mol. The van der Waals surface area contributed by atoms with E-state index in [1.165, 1.54) is 6.42 Å². The number of aryl methyl sites for hydroxylation is 1. The van der Waals surface area contributed by atoms with Gasteiger partial charge in [-0.25, -0.2) is 0 Å². The number of rotatable bonds is 6. The highest BCUT2D eigenvalue weighted by Crippen LogP contribution is 2.02. The molecule has 4 nitrogen and oxygen atoms in total. The number of unbranched alkanes of at least 4 members (excludes halogenated alkanes) is 1. The van der Waals surface area contributed by atoms with Gasteiger partial charge in [0.15, 0.2) is 0 Å². The fourth-order valence-corrected chi connectivity index (χ4v) is 1.49. The topological polar surface area (TPSA) is 34.0 Å². The first kappa shape index (κ1) is 11.5. The normalized spacial score (nSPS) is 11.1. The largest absolute Gasteiger partial charge is 0.317 e. The maximum absolute atomic E-state index is 5.71. The first-order chi connectivity index (χ1) is 6.74. The molecule has 0 bridgehead atoms. The van der Waals surface area contributed by atoms with Gasteiger partial charge in [0.1, 0.15) is 12.2 Å². The Hall–Kier alpha value is -0.610. The molecule has 1 aromatic rings. The predicted molar refractivity (Wildman–Crippen MR) is 57.4 cm³/mol. The van der Waals surface area contributed by atoms with Gasteiger partial charge in [0, 0.05) is 6.54 Å². The predicted octanol–water partition coefficient (Wildman–Crippen LogP) is 1.36. The summed E-state index contributed by atoms with van der Waals surface area (Å²) in [5.74, 6) is 1.30. The van der Waals surface area contributed by atoms with Crippen molar-refractivity contribution in [2.45, 2.75) is 25.3 Å². The van der Waals surface area contributed by atoms with Gasteiger partial charge >= 0.3 is 0 Å². The SMILES string of the molecule is CN(C)CCCCn1cnnc1CCl. The van der Waals surface area contributed by atoms with Crippen LogP contribution in [0.4, 0.5) is 0 Å². The van der Waals surface area contributed by atoms with Crippen molar-refractivity contribution in [3.05, 3.63) is 12.2 Å². The van der Waals surface area contributed by atoms with Crippen molar-refractivity contribution in [3.8, 4) is 0 Å². The molecule has 0 unspecified atom stereocenters. The highest BCUT2D eigenvalue weighted by atomic mass is 35.5. The van der Waals surface area contributed by atoms with Crippen molar-refractivity contribution in [1.29, 1.82) is 0 Å². The van der Waals surface area contributed by atoms with Crippen molar-refractivity contribution >= 4 is 11.6 Å². The maximum Gasteiger partial charge on any atom is 0.147 e. The Labute approximate surface area is 89.9 Å². The summed E-state index contributed by atoms with van der Waals surface area (Å²) in [5.41, 5.74) is 0. The molecule has 0 aromatic carbocycles. The molecule has 0 fully saturated rings. The average molecular weight is 217 g/mol. The van der Waals surface area contributed by atoms with Crippen LogP contribution in [0.25, 0.3) is 0 Å². The molecule has 0 radical (unpaired) electrons. The molecule has 0 saturated heterocycles. The number of alkyl halides is 1. The fraction of sp³-hybridized carbons (Fsp3) is 0.778. The standard InChI is InChI=1S/C9H17ClN4/c1-13(2)5-3-4-6-14-8-11-12-9(14)7-10/h8H,3-7H2,1-2H3. The summed E-state index contributed by atoms with van der Waals surface area (Å²) in [6, 6.07) is 0. The quantitative estimate of drug-likeness (QED) is 0.532.